The van der Waals surface area contributed by atoms with Crippen molar-refractivity contribution < 1.29 is 4.39 Å². The number of para-hydroxylation sites is 1. The van der Waals surface area contributed by atoms with E-state index in [2.05, 4.69) is 42.0 Å². The number of aromatic nitrogens is 4. The van der Waals surface area contributed by atoms with Crippen molar-refractivity contribution in [2.45, 2.75) is 32.6 Å². The second-order valence-corrected chi connectivity index (χ2v) is 8.53. The first-order chi connectivity index (χ1) is 14.5. The molecule has 0 unspecified atom stereocenters. The maximum absolute atomic E-state index is 13.4. The number of likely N-dealkylation sites (N-methyl/N-ethyl adjacent to an activating group) is 1. The van der Waals surface area contributed by atoms with Crippen molar-refractivity contribution in [3.8, 4) is 5.82 Å². The lowest BCUT2D eigenvalue weighted by molar-refractivity contribution is 0.539. The zero-order valence-electron chi connectivity index (χ0n) is 17.4. The van der Waals surface area contributed by atoms with Gasteiger partial charge in [0.05, 0.1) is 16.9 Å². The van der Waals surface area contributed by atoms with E-state index in [0.29, 0.717) is 6.42 Å². The van der Waals surface area contributed by atoms with E-state index in [9.17, 15) is 4.39 Å². The molecule has 0 radical (unpaired) electrons. The minimum absolute atomic E-state index is 0.0507. The van der Waals surface area contributed by atoms with Crippen molar-refractivity contribution in [3.05, 3.63) is 77.2 Å². The number of hydrogen-bond donors (Lipinski definition) is 0. The molecule has 5 nitrogen and oxygen atoms in total. The minimum atomic E-state index is -0.229. The maximum Gasteiger partial charge on any atom is 0.159 e. The maximum atomic E-state index is 13.4. The molecular weight excluding hydrogens is 377 g/mol. The Morgan fingerprint density at radius 1 is 1.07 bits per heavy atom. The lowest BCUT2D eigenvalue weighted by atomic mass is 9.90. The van der Waals surface area contributed by atoms with Crippen molar-refractivity contribution in [1.29, 1.82) is 0 Å². The molecule has 0 saturated carbocycles. The number of pyridine rings is 1. The van der Waals surface area contributed by atoms with Crippen LogP contribution in [0.3, 0.4) is 0 Å². The Hall–Kier alpha value is -3.28. The molecule has 1 aliphatic heterocycles. The first-order valence-corrected chi connectivity index (χ1v) is 10.3. The van der Waals surface area contributed by atoms with Gasteiger partial charge in [-0.15, -0.1) is 5.10 Å². The van der Waals surface area contributed by atoms with Crippen molar-refractivity contribution in [1.82, 2.24) is 20.0 Å². The van der Waals surface area contributed by atoms with Gasteiger partial charge in [0.1, 0.15) is 11.3 Å². The number of nitrogens with zero attached hydrogens (tertiary/aromatic N) is 5. The standard InChI is InChI=1S/C24H24FN5/c1-4-29-15-24(2,3)22-21(29)14-17(13-16-9-11-18(25)12-10-16)23(26-22)30-20-8-6-5-7-19(20)27-28-30/h5-12,14H,4,13,15H2,1-3H3. The van der Waals surface area contributed by atoms with E-state index in [0.717, 1.165) is 46.8 Å². The van der Waals surface area contributed by atoms with Gasteiger partial charge in [0.2, 0.25) is 0 Å². The van der Waals surface area contributed by atoms with Crippen LogP contribution in [0.4, 0.5) is 10.1 Å². The Morgan fingerprint density at radius 2 is 1.83 bits per heavy atom. The van der Waals surface area contributed by atoms with Gasteiger partial charge in [-0.1, -0.05) is 43.3 Å². The van der Waals surface area contributed by atoms with Crippen molar-refractivity contribution in [2.24, 2.45) is 0 Å². The molecule has 0 spiro atoms. The van der Waals surface area contributed by atoms with Gasteiger partial charge in [-0.3, -0.25) is 0 Å². The molecule has 1 aliphatic rings. The molecule has 152 valence electrons. The van der Waals surface area contributed by atoms with Gasteiger partial charge in [0, 0.05) is 30.5 Å². The average molecular weight is 401 g/mol. The normalized spacial score (nSPS) is 15.0. The fourth-order valence-corrected chi connectivity index (χ4v) is 4.35. The molecule has 0 fully saturated rings. The summed E-state index contributed by atoms with van der Waals surface area (Å²) >= 11 is 0. The van der Waals surface area contributed by atoms with Gasteiger partial charge in [-0.2, -0.15) is 4.68 Å². The number of rotatable bonds is 4. The molecule has 0 N–H and O–H groups in total. The van der Waals surface area contributed by atoms with Crippen molar-refractivity contribution >= 4 is 16.7 Å². The van der Waals surface area contributed by atoms with Crippen LogP contribution in [0.2, 0.25) is 0 Å². The number of benzene rings is 2. The highest BCUT2D eigenvalue weighted by Crippen LogP contribution is 2.41. The highest BCUT2D eigenvalue weighted by atomic mass is 19.1. The van der Waals surface area contributed by atoms with Crippen LogP contribution in [-0.4, -0.2) is 33.1 Å². The summed E-state index contributed by atoms with van der Waals surface area (Å²) in [6.07, 6.45) is 0.641. The molecule has 0 bridgehead atoms. The molecule has 2 aromatic heterocycles. The van der Waals surface area contributed by atoms with Crippen LogP contribution >= 0.6 is 0 Å². The fraction of sp³-hybridized carbons (Fsp3) is 0.292. The molecule has 0 aliphatic carbocycles. The van der Waals surface area contributed by atoms with Gasteiger partial charge in [0.15, 0.2) is 5.82 Å². The van der Waals surface area contributed by atoms with Gasteiger partial charge in [0.25, 0.3) is 0 Å². The number of hydrogen-bond acceptors (Lipinski definition) is 4. The van der Waals surface area contributed by atoms with E-state index >= 15 is 0 Å². The second kappa shape index (κ2) is 6.90. The molecule has 2 aromatic carbocycles. The molecule has 3 heterocycles. The highest BCUT2D eigenvalue weighted by molar-refractivity contribution is 5.76. The summed E-state index contributed by atoms with van der Waals surface area (Å²) in [5, 5.41) is 8.75. The summed E-state index contributed by atoms with van der Waals surface area (Å²) in [7, 11) is 0. The van der Waals surface area contributed by atoms with E-state index in [1.165, 1.54) is 17.8 Å². The Morgan fingerprint density at radius 3 is 2.60 bits per heavy atom. The molecule has 5 rings (SSSR count). The first-order valence-electron chi connectivity index (χ1n) is 10.3. The van der Waals surface area contributed by atoms with E-state index in [-0.39, 0.29) is 11.2 Å². The van der Waals surface area contributed by atoms with E-state index < -0.39 is 0 Å². The molecule has 0 saturated heterocycles. The number of halogens is 1. The van der Waals surface area contributed by atoms with Crippen LogP contribution in [0.5, 0.6) is 0 Å². The third-order valence-electron chi connectivity index (χ3n) is 5.87. The monoisotopic (exact) mass is 401 g/mol. The highest BCUT2D eigenvalue weighted by Gasteiger charge is 2.37. The number of fused-ring (bicyclic) bond motifs is 2. The second-order valence-electron chi connectivity index (χ2n) is 8.53. The average Bonchev–Trinajstić information content (AvgIpc) is 3.27. The largest absolute Gasteiger partial charge is 0.369 e. The lowest BCUT2D eigenvalue weighted by Gasteiger charge is -2.19. The van der Waals surface area contributed by atoms with Gasteiger partial charge >= 0.3 is 0 Å². The Kier molecular flexibility index (Phi) is 4.31. The molecular formula is C24H24FN5. The van der Waals surface area contributed by atoms with Crippen molar-refractivity contribution in [3.63, 3.8) is 0 Å². The molecule has 0 atom stereocenters. The zero-order chi connectivity index (χ0) is 20.9. The first kappa shape index (κ1) is 18.7. The quantitative estimate of drug-likeness (QED) is 0.499. The smallest absolute Gasteiger partial charge is 0.159 e. The van der Waals surface area contributed by atoms with Crippen LogP contribution < -0.4 is 4.90 Å². The molecule has 4 aromatic rings. The summed E-state index contributed by atoms with van der Waals surface area (Å²) in [4.78, 5) is 7.53. The topological polar surface area (TPSA) is 46.8 Å². The zero-order valence-corrected chi connectivity index (χ0v) is 17.4. The summed E-state index contributed by atoms with van der Waals surface area (Å²) in [5.74, 6) is 0.560. The minimum Gasteiger partial charge on any atom is -0.369 e. The van der Waals surface area contributed by atoms with Gasteiger partial charge in [-0.05, 0) is 42.8 Å². The predicted octanol–water partition coefficient (Wildman–Crippen LogP) is 4.66. The summed E-state index contributed by atoms with van der Waals surface area (Å²) in [6, 6.07) is 16.8. The van der Waals surface area contributed by atoms with Crippen molar-refractivity contribution in [2.75, 3.05) is 18.0 Å². The van der Waals surface area contributed by atoms with Gasteiger partial charge < -0.3 is 4.90 Å². The third kappa shape index (κ3) is 3.03. The van der Waals surface area contributed by atoms with E-state index in [4.69, 9.17) is 4.98 Å². The Labute approximate surface area is 175 Å². The Bertz CT molecular complexity index is 1230. The SMILES string of the molecule is CCN1CC(C)(C)c2nc(-n3nnc4ccccc43)c(Cc3ccc(F)cc3)cc21. The van der Waals surface area contributed by atoms with Gasteiger partial charge in [-0.25, -0.2) is 9.37 Å². The van der Waals surface area contributed by atoms with Crippen LogP contribution in [0.1, 0.15) is 37.6 Å². The number of anilines is 1. The summed E-state index contributed by atoms with van der Waals surface area (Å²) < 4.78 is 15.3. The molecule has 6 heteroatoms. The predicted molar refractivity (Wildman–Crippen MR) is 117 cm³/mol. The lowest BCUT2D eigenvalue weighted by Crippen LogP contribution is -2.28. The third-order valence-corrected chi connectivity index (χ3v) is 5.87. The molecule has 30 heavy (non-hydrogen) atoms. The van der Waals surface area contributed by atoms with Crippen LogP contribution in [-0.2, 0) is 11.8 Å². The Balaban J connectivity index is 1.72. The van der Waals surface area contributed by atoms with Crippen LogP contribution in [0, 0.1) is 5.82 Å². The van der Waals surface area contributed by atoms with E-state index in [1.54, 1.807) is 0 Å². The molecule has 0 amide bonds. The van der Waals surface area contributed by atoms with E-state index in [1.807, 2.05) is 41.1 Å². The summed E-state index contributed by atoms with van der Waals surface area (Å²) in [5.41, 5.74) is 6.05. The van der Waals surface area contributed by atoms with Crippen LogP contribution in [0.25, 0.3) is 16.9 Å². The van der Waals surface area contributed by atoms with Crippen LogP contribution in [0.15, 0.2) is 54.6 Å². The fourth-order valence-electron chi connectivity index (χ4n) is 4.35. The summed E-state index contributed by atoms with van der Waals surface area (Å²) in [6.45, 7) is 8.50.